The van der Waals surface area contributed by atoms with Crippen LogP contribution < -0.4 is 9.80 Å². The Morgan fingerprint density at radius 3 is 2.47 bits per heavy atom. The molecule has 4 nitrogen and oxygen atoms in total. The van der Waals surface area contributed by atoms with E-state index in [2.05, 4.69) is 0 Å². The van der Waals surface area contributed by atoms with Gasteiger partial charge in [0.2, 0.25) is 6.17 Å². The van der Waals surface area contributed by atoms with Gasteiger partial charge in [-0.25, -0.2) is 4.79 Å². The van der Waals surface area contributed by atoms with Crippen molar-refractivity contribution in [3.63, 3.8) is 0 Å². The van der Waals surface area contributed by atoms with E-state index in [9.17, 15) is 4.79 Å². The number of nitrogens with zero attached hydrogens (tertiary/aromatic N) is 2. The van der Waals surface area contributed by atoms with Crippen LogP contribution in [-0.2, 0) is 4.79 Å². The maximum Gasteiger partial charge on any atom is 0.347 e. The normalized spacial score (nSPS) is 19.3. The molecular weight excluding hydrogens is 192 g/mol. The van der Waals surface area contributed by atoms with Gasteiger partial charge in [-0.05, 0) is 24.6 Å². The van der Waals surface area contributed by atoms with Gasteiger partial charge < -0.3 is 14.9 Å². The second-order valence-electron chi connectivity index (χ2n) is 3.93. The van der Waals surface area contributed by atoms with E-state index in [1.165, 1.54) is 0 Å². The number of carboxylic acid groups (broad SMARTS) is 1. The summed E-state index contributed by atoms with van der Waals surface area (Å²) in [6.07, 6.45) is -0.596. The summed E-state index contributed by atoms with van der Waals surface area (Å²) >= 11 is 0. The van der Waals surface area contributed by atoms with Crippen molar-refractivity contribution in [2.45, 2.75) is 13.1 Å². The highest BCUT2D eigenvalue weighted by molar-refractivity contribution is 5.90. The van der Waals surface area contributed by atoms with Crippen LogP contribution in [0.3, 0.4) is 0 Å². The average Bonchev–Trinajstić information content (AvgIpc) is 2.39. The van der Waals surface area contributed by atoms with E-state index < -0.39 is 12.1 Å². The quantitative estimate of drug-likeness (QED) is 0.752. The van der Waals surface area contributed by atoms with Gasteiger partial charge in [0.1, 0.15) is 0 Å². The number of anilines is 2. The first kappa shape index (κ1) is 9.83. The Balaban J connectivity index is 2.50. The Kier molecular flexibility index (Phi) is 2.07. The largest absolute Gasteiger partial charge is 0.478 e. The van der Waals surface area contributed by atoms with Crippen LogP contribution in [0.15, 0.2) is 18.2 Å². The third kappa shape index (κ3) is 1.33. The van der Waals surface area contributed by atoms with E-state index in [0.717, 1.165) is 16.9 Å². The first-order valence-corrected chi connectivity index (χ1v) is 4.81. The topological polar surface area (TPSA) is 43.8 Å². The molecule has 80 valence electrons. The second kappa shape index (κ2) is 3.15. The smallest absolute Gasteiger partial charge is 0.347 e. The Morgan fingerprint density at radius 1 is 1.27 bits per heavy atom. The molecule has 1 aromatic rings. The Morgan fingerprint density at radius 2 is 1.87 bits per heavy atom. The number of benzene rings is 1. The number of carboxylic acids is 1. The number of aryl methyl sites for hydroxylation is 1. The van der Waals surface area contributed by atoms with Crippen molar-refractivity contribution in [1.29, 1.82) is 0 Å². The van der Waals surface area contributed by atoms with E-state index in [-0.39, 0.29) is 0 Å². The maximum absolute atomic E-state index is 11.1. The molecular formula is C11H14N2O2. The summed E-state index contributed by atoms with van der Waals surface area (Å²) in [4.78, 5) is 14.6. The molecule has 1 aromatic carbocycles. The zero-order chi connectivity index (χ0) is 11.2. The van der Waals surface area contributed by atoms with Crippen molar-refractivity contribution in [3.05, 3.63) is 23.8 Å². The van der Waals surface area contributed by atoms with Gasteiger partial charge in [-0.15, -0.1) is 0 Å². The molecule has 1 aliphatic rings. The average molecular weight is 206 g/mol. The molecule has 15 heavy (non-hydrogen) atoms. The Labute approximate surface area is 88.7 Å². The van der Waals surface area contributed by atoms with Crippen LogP contribution in [-0.4, -0.2) is 31.3 Å². The summed E-state index contributed by atoms with van der Waals surface area (Å²) in [7, 11) is 3.61. The number of aliphatic carboxylic acids is 1. The zero-order valence-electron chi connectivity index (χ0n) is 9.06. The number of hydrogen-bond donors (Lipinski definition) is 1. The van der Waals surface area contributed by atoms with Gasteiger partial charge in [-0.1, -0.05) is 6.07 Å². The number of hydrogen-bond acceptors (Lipinski definition) is 3. The summed E-state index contributed by atoms with van der Waals surface area (Å²) < 4.78 is 0. The first-order valence-electron chi connectivity index (χ1n) is 4.81. The second-order valence-corrected chi connectivity index (χ2v) is 3.93. The van der Waals surface area contributed by atoms with Gasteiger partial charge in [-0.3, -0.25) is 0 Å². The molecule has 0 aromatic heterocycles. The lowest BCUT2D eigenvalue weighted by Crippen LogP contribution is -2.45. The molecule has 0 aliphatic carbocycles. The molecule has 1 N–H and O–H groups in total. The van der Waals surface area contributed by atoms with Gasteiger partial charge in [0.25, 0.3) is 0 Å². The standard InChI is InChI=1S/C11H14N2O2/c1-7-4-5-8-9(6-7)13(3)10(11(14)15)12(8)2/h4-6,10H,1-3H3,(H,14,15). The molecule has 1 unspecified atom stereocenters. The highest BCUT2D eigenvalue weighted by Crippen LogP contribution is 2.37. The fourth-order valence-electron chi connectivity index (χ4n) is 2.07. The van der Waals surface area contributed by atoms with E-state index in [0.29, 0.717) is 0 Å². The van der Waals surface area contributed by atoms with Crippen LogP contribution in [0.5, 0.6) is 0 Å². The fraction of sp³-hybridized carbons (Fsp3) is 0.364. The van der Waals surface area contributed by atoms with Crippen LogP contribution >= 0.6 is 0 Å². The summed E-state index contributed by atoms with van der Waals surface area (Å²) in [6.45, 7) is 2.00. The lowest BCUT2D eigenvalue weighted by Gasteiger charge is -2.23. The molecule has 4 heteroatoms. The predicted molar refractivity (Wildman–Crippen MR) is 59.4 cm³/mol. The maximum atomic E-state index is 11.1. The van der Waals surface area contributed by atoms with Gasteiger partial charge >= 0.3 is 5.97 Å². The van der Waals surface area contributed by atoms with Crippen molar-refractivity contribution >= 4 is 17.3 Å². The summed E-state index contributed by atoms with van der Waals surface area (Å²) in [5, 5.41) is 9.11. The monoisotopic (exact) mass is 206 g/mol. The highest BCUT2D eigenvalue weighted by Gasteiger charge is 2.36. The van der Waals surface area contributed by atoms with Crippen LogP contribution in [0.4, 0.5) is 11.4 Å². The number of carbonyl (C=O) groups is 1. The van der Waals surface area contributed by atoms with E-state index >= 15 is 0 Å². The predicted octanol–water partition coefficient (Wildman–Crippen LogP) is 1.29. The SMILES string of the molecule is Cc1ccc2c(c1)N(C)C(C(=O)O)N2C. The Hall–Kier alpha value is -1.71. The lowest BCUT2D eigenvalue weighted by atomic mass is 10.2. The number of fused-ring (bicyclic) bond motifs is 1. The van der Waals surface area contributed by atoms with Crippen molar-refractivity contribution in [2.75, 3.05) is 23.9 Å². The molecule has 0 saturated carbocycles. The highest BCUT2D eigenvalue weighted by atomic mass is 16.4. The van der Waals surface area contributed by atoms with Gasteiger partial charge in [0.05, 0.1) is 11.4 Å². The number of likely N-dealkylation sites (N-methyl/N-ethyl adjacent to an activating group) is 2. The molecule has 1 heterocycles. The molecule has 0 bridgehead atoms. The molecule has 1 aliphatic heterocycles. The van der Waals surface area contributed by atoms with Crippen LogP contribution in [0.1, 0.15) is 5.56 Å². The minimum absolute atomic E-state index is 0.596. The van der Waals surface area contributed by atoms with Crippen LogP contribution in [0.25, 0.3) is 0 Å². The lowest BCUT2D eigenvalue weighted by molar-refractivity contribution is -0.138. The summed E-state index contributed by atoms with van der Waals surface area (Å²) in [5.41, 5.74) is 3.08. The molecule has 1 atom stereocenters. The van der Waals surface area contributed by atoms with E-state index in [4.69, 9.17) is 5.11 Å². The third-order valence-corrected chi connectivity index (χ3v) is 2.85. The molecule has 0 radical (unpaired) electrons. The van der Waals surface area contributed by atoms with Crippen molar-refractivity contribution in [1.82, 2.24) is 0 Å². The fourth-order valence-corrected chi connectivity index (χ4v) is 2.07. The third-order valence-electron chi connectivity index (χ3n) is 2.85. The van der Waals surface area contributed by atoms with Crippen LogP contribution in [0, 0.1) is 6.92 Å². The number of rotatable bonds is 1. The first-order chi connectivity index (χ1) is 7.02. The molecule has 0 fully saturated rings. The van der Waals surface area contributed by atoms with E-state index in [1.807, 2.05) is 25.1 Å². The minimum atomic E-state index is -0.825. The van der Waals surface area contributed by atoms with Gasteiger partial charge in [-0.2, -0.15) is 0 Å². The molecule has 0 spiro atoms. The van der Waals surface area contributed by atoms with Crippen molar-refractivity contribution < 1.29 is 9.90 Å². The molecule has 0 amide bonds. The zero-order valence-corrected chi connectivity index (χ0v) is 9.06. The van der Waals surface area contributed by atoms with E-state index in [1.54, 1.807) is 23.9 Å². The van der Waals surface area contributed by atoms with Gasteiger partial charge in [0, 0.05) is 14.1 Å². The summed E-state index contributed by atoms with van der Waals surface area (Å²) in [6, 6.07) is 5.96. The minimum Gasteiger partial charge on any atom is -0.478 e. The molecule has 0 saturated heterocycles. The van der Waals surface area contributed by atoms with Crippen molar-refractivity contribution in [3.8, 4) is 0 Å². The van der Waals surface area contributed by atoms with Gasteiger partial charge in [0.15, 0.2) is 0 Å². The Bertz CT molecular complexity index is 417. The van der Waals surface area contributed by atoms with Crippen molar-refractivity contribution in [2.24, 2.45) is 0 Å². The molecule has 2 rings (SSSR count). The summed E-state index contributed by atoms with van der Waals surface area (Å²) in [5.74, 6) is -0.825. The van der Waals surface area contributed by atoms with Crippen LogP contribution in [0.2, 0.25) is 0 Å².